The minimum atomic E-state index is -0.0813. The monoisotopic (exact) mass is 455 g/mol. The summed E-state index contributed by atoms with van der Waals surface area (Å²) in [6.07, 6.45) is 8.33. The number of anilines is 1. The van der Waals surface area contributed by atoms with Crippen LogP contribution in [0.3, 0.4) is 0 Å². The quantitative estimate of drug-likeness (QED) is 0.412. The summed E-state index contributed by atoms with van der Waals surface area (Å²) < 4.78 is 2.21. The first-order valence-electron chi connectivity index (χ1n) is 12.0. The molecule has 168 valence electrons. The Kier molecular flexibility index (Phi) is 3.61. The van der Waals surface area contributed by atoms with Gasteiger partial charge in [0.05, 0.1) is 35.4 Å². The molecule has 2 aromatic carbocycles. The van der Waals surface area contributed by atoms with Crippen molar-refractivity contribution in [3.8, 4) is 0 Å². The van der Waals surface area contributed by atoms with Gasteiger partial charge in [-0.1, -0.05) is 18.2 Å². The molecule has 35 heavy (non-hydrogen) atoms. The van der Waals surface area contributed by atoms with Gasteiger partial charge in [-0.3, -0.25) is 9.78 Å². The average Bonchev–Trinajstić information content (AvgIpc) is 3.52. The van der Waals surface area contributed by atoms with Crippen molar-refractivity contribution in [2.24, 2.45) is 4.99 Å². The maximum Gasteiger partial charge on any atom is 0.228 e. The first-order chi connectivity index (χ1) is 17.1. The molecule has 6 nitrogen and oxygen atoms in total. The maximum atomic E-state index is 12.1. The Hall–Kier alpha value is -4.32. The van der Waals surface area contributed by atoms with Crippen LogP contribution in [-0.4, -0.2) is 26.7 Å². The molecule has 5 heterocycles. The third-order valence-corrected chi connectivity index (χ3v) is 7.78. The highest BCUT2D eigenvalue weighted by molar-refractivity contribution is 6.09. The fraction of sp³-hybridized carbons (Fsp3) is 0.172. The lowest BCUT2D eigenvalue weighted by Gasteiger charge is -2.20. The summed E-state index contributed by atoms with van der Waals surface area (Å²) >= 11 is 0. The van der Waals surface area contributed by atoms with Crippen molar-refractivity contribution in [3.05, 3.63) is 94.9 Å². The van der Waals surface area contributed by atoms with E-state index in [4.69, 9.17) is 4.98 Å². The van der Waals surface area contributed by atoms with E-state index in [0.717, 1.165) is 52.0 Å². The Morgan fingerprint density at radius 3 is 2.86 bits per heavy atom. The molecule has 0 saturated carbocycles. The van der Waals surface area contributed by atoms with E-state index in [1.807, 2.05) is 24.4 Å². The van der Waals surface area contributed by atoms with Gasteiger partial charge in [-0.2, -0.15) is 0 Å². The lowest BCUT2D eigenvalue weighted by Crippen LogP contribution is -2.25. The Morgan fingerprint density at radius 1 is 1.00 bits per heavy atom. The number of pyridine rings is 2. The van der Waals surface area contributed by atoms with Crippen molar-refractivity contribution in [3.63, 3.8) is 0 Å². The molecule has 2 aliphatic heterocycles. The maximum absolute atomic E-state index is 12.1. The summed E-state index contributed by atoms with van der Waals surface area (Å²) in [5, 5.41) is 5.30. The van der Waals surface area contributed by atoms with Gasteiger partial charge in [0.25, 0.3) is 0 Å². The number of nitrogens with one attached hydrogen (secondary N) is 1. The number of aliphatic imine (C=N–C) groups is 1. The predicted molar refractivity (Wildman–Crippen MR) is 137 cm³/mol. The minimum absolute atomic E-state index is 0.0453. The molecule has 0 radical (unpaired) electrons. The Balaban J connectivity index is 1.16. The number of fused-ring (bicyclic) bond motifs is 4. The SMILES string of the molecule is O=C1Cc2cn(Cc3ccc4cc5c(cc4n3)C[C@@]3(C=Nc4ncccc43)C5)c3cccc(c23)N1. The molecule has 0 bridgehead atoms. The lowest BCUT2D eigenvalue weighted by atomic mass is 9.81. The standard InChI is InChI=1S/C29H21N5O/c35-26-11-20-14-34(25-5-1-4-23(33-26)27(20)25)15-21-7-6-17-9-18-12-29(13-19(18)10-24(17)32-21)16-31-28-22(29)3-2-8-30-28/h1-10,14,16H,11-13,15H2,(H,33,35)/t29-/m1/s1. The van der Waals surface area contributed by atoms with Crippen LogP contribution in [0.4, 0.5) is 11.5 Å². The van der Waals surface area contributed by atoms with Crippen LogP contribution in [-0.2, 0) is 36.0 Å². The fourth-order valence-corrected chi connectivity index (χ4v) is 6.24. The molecule has 3 aromatic heterocycles. The van der Waals surface area contributed by atoms with Crippen LogP contribution < -0.4 is 5.32 Å². The van der Waals surface area contributed by atoms with Gasteiger partial charge < -0.3 is 9.88 Å². The van der Waals surface area contributed by atoms with Crippen LogP contribution in [0, 0.1) is 0 Å². The van der Waals surface area contributed by atoms with Crippen LogP contribution in [0.25, 0.3) is 21.8 Å². The molecule has 5 aromatic rings. The van der Waals surface area contributed by atoms with Gasteiger partial charge in [0.1, 0.15) is 0 Å². The van der Waals surface area contributed by atoms with Gasteiger partial charge in [-0.25, -0.2) is 9.98 Å². The Labute approximate surface area is 201 Å². The number of nitrogens with zero attached hydrogens (tertiary/aromatic N) is 4. The zero-order valence-electron chi connectivity index (χ0n) is 19.0. The third kappa shape index (κ3) is 2.71. The first-order valence-corrected chi connectivity index (χ1v) is 12.0. The van der Waals surface area contributed by atoms with Crippen molar-refractivity contribution >= 4 is 45.4 Å². The van der Waals surface area contributed by atoms with Gasteiger partial charge in [-0.15, -0.1) is 0 Å². The molecule has 8 rings (SSSR count). The van der Waals surface area contributed by atoms with Gasteiger partial charge >= 0.3 is 0 Å². The number of carbonyl (C=O) groups excluding carboxylic acids is 1. The van der Waals surface area contributed by atoms with E-state index >= 15 is 0 Å². The van der Waals surface area contributed by atoms with Crippen molar-refractivity contribution in [1.82, 2.24) is 14.5 Å². The topological polar surface area (TPSA) is 72.2 Å². The van der Waals surface area contributed by atoms with Crippen molar-refractivity contribution in [2.75, 3.05) is 5.32 Å². The molecule has 1 N–H and O–H groups in total. The van der Waals surface area contributed by atoms with Crippen molar-refractivity contribution < 1.29 is 4.79 Å². The van der Waals surface area contributed by atoms with E-state index in [1.165, 1.54) is 22.1 Å². The molecule has 0 saturated heterocycles. The highest BCUT2D eigenvalue weighted by Crippen LogP contribution is 2.45. The zero-order valence-corrected chi connectivity index (χ0v) is 19.0. The van der Waals surface area contributed by atoms with E-state index in [9.17, 15) is 4.79 Å². The number of aromatic nitrogens is 3. The van der Waals surface area contributed by atoms with Crippen LogP contribution >= 0.6 is 0 Å². The Morgan fingerprint density at radius 2 is 1.91 bits per heavy atom. The van der Waals surface area contributed by atoms with E-state index in [2.05, 4.69) is 68.7 Å². The Bertz CT molecular complexity index is 1760. The highest BCUT2D eigenvalue weighted by Gasteiger charge is 2.42. The summed E-state index contributed by atoms with van der Waals surface area (Å²) in [4.78, 5) is 26.2. The van der Waals surface area contributed by atoms with Gasteiger partial charge in [-0.05, 0) is 65.9 Å². The van der Waals surface area contributed by atoms with Crippen LogP contribution in [0.15, 0.2) is 72.0 Å². The van der Waals surface area contributed by atoms with Gasteiger partial charge in [0.2, 0.25) is 5.91 Å². The molecule has 1 spiro atoms. The summed E-state index contributed by atoms with van der Waals surface area (Å²) in [6.45, 7) is 0.664. The summed E-state index contributed by atoms with van der Waals surface area (Å²) in [5.74, 6) is 0.900. The predicted octanol–water partition coefficient (Wildman–Crippen LogP) is 4.88. The van der Waals surface area contributed by atoms with Crippen LogP contribution in [0.5, 0.6) is 0 Å². The lowest BCUT2D eigenvalue weighted by molar-refractivity contribution is -0.115. The number of carbonyl (C=O) groups is 1. The molecule has 1 aliphatic carbocycles. The number of benzene rings is 2. The van der Waals surface area contributed by atoms with E-state index in [1.54, 1.807) is 0 Å². The normalized spacial score (nSPS) is 19.5. The van der Waals surface area contributed by atoms with Crippen LogP contribution in [0.1, 0.15) is 27.9 Å². The molecule has 1 amide bonds. The molecular weight excluding hydrogens is 434 g/mol. The minimum Gasteiger partial charge on any atom is -0.341 e. The number of amides is 1. The van der Waals surface area contributed by atoms with E-state index in [0.29, 0.717) is 13.0 Å². The summed E-state index contributed by atoms with van der Waals surface area (Å²) in [5.41, 5.74) is 9.01. The molecule has 3 aliphatic rings. The summed E-state index contributed by atoms with van der Waals surface area (Å²) in [6, 6.07) is 19.1. The smallest absolute Gasteiger partial charge is 0.228 e. The largest absolute Gasteiger partial charge is 0.341 e. The number of hydrogen-bond donors (Lipinski definition) is 1. The van der Waals surface area contributed by atoms with Gasteiger partial charge in [0.15, 0.2) is 5.82 Å². The second-order valence-corrected chi connectivity index (χ2v) is 9.97. The average molecular weight is 456 g/mol. The molecule has 6 heteroatoms. The first kappa shape index (κ1) is 19.0. The summed E-state index contributed by atoms with van der Waals surface area (Å²) in [7, 11) is 0. The molecular formula is C29H21N5O. The van der Waals surface area contributed by atoms with Crippen molar-refractivity contribution in [1.29, 1.82) is 0 Å². The van der Waals surface area contributed by atoms with E-state index in [-0.39, 0.29) is 11.3 Å². The molecule has 1 atom stereocenters. The number of rotatable bonds is 2. The van der Waals surface area contributed by atoms with Gasteiger partial charge in [0, 0.05) is 40.4 Å². The third-order valence-electron chi connectivity index (χ3n) is 7.78. The van der Waals surface area contributed by atoms with Crippen LogP contribution in [0.2, 0.25) is 0 Å². The second kappa shape index (κ2) is 6.63. The highest BCUT2D eigenvalue weighted by atomic mass is 16.1. The molecule has 0 fully saturated rings. The second-order valence-electron chi connectivity index (χ2n) is 9.97. The number of hydrogen-bond acceptors (Lipinski definition) is 4. The molecule has 0 unspecified atom stereocenters. The van der Waals surface area contributed by atoms with E-state index < -0.39 is 0 Å². The van der Waals surface area contributed by atoms with Crippen molar-refractivity contribution in [2.45, 2.75) is 31.2 Å². The fourth-order valence-electron chi connectivity index (χ4n) is 6.24. The zero-order chi connectivity index (χ0) is 23.1.